The molecule has 0 aromatic heterocycles. The Hall–Kier alpha value is -1.02. The van der Waals surface area contributed by atoms with Crippen LogP contribution in [-0.2, 0) is 0 Å². The van der Waals surface area contributed by atoms with Crippen molar-refractivity contribution in [1.29, 1.82) is 0 Å². The molecule has 2 rings (SSSR count). The Morgan fingerprint density at radius 2 is 2.25 bits per heavy atom. The zero-order chi connectivity index (χ0) is 11.4. The molecule has 1 aliphatic carbocycles. The van der Waals surface area contributed by atoms with E-state index in [1.54, 1.807) is 0 Å². The minimum atomic E-state index is 0.452. The molecular formula is C14H21NO. The summed E-state index contributed by atoms with van der Waals surface area (Å²) in [5.41, 5.74) is 1.34. The van der Waals surface area contributed by atoms with Gasteiger partial charge in [-0.2, -0.15) is 0 Å². The average Bonchev–Trinajstić information content (AvgIpc) is 3.10. The van der Waals surface area contributed by atoms with Crippen molar-refractivity contribution >= 4 is 0 Å². The lowest BCUT2D eigenvalue weighted by Gasteiger charge is -2.16. The fraction of sp³-hybridized carbons (Fsp3) is 0.571. The lowest BCUT2D eigenvalue weighted by Crippen LogP contribution is -2.16. The summed E-state index contributed by atoms with van der Waals surface area (Å²) >= 11 is 0. The van der Waals surface area contributed by atoms with Crippen LogP contribution in [0, 0.1) is 0 Å². The van der Waals surface area contributed by atoms with Gasteiger partial charge in [0.05, 0.1) is 6.10 Å². The number of hydrogen-bond acceptors (Lipinski definition) is 2. The molecule has 0 radical (unpaired) electrons. The van der Waals surface area contributed by atoms with Gasteiger partial charge < -0.3 is 10.1 Å². The molecule has 0 bridgehead atoms. The number of ether oxygens (including phenoxy) is 1. The molecule has 0 amide bonds. The van der Waals surface area contributed by atoms with E-state index in [0.29, 0.717) is 12.1 Å². The Morgan fingerprint density at radius 3 is 2.88 bits per heavy atom. The van der Waals surface area contributed by atoms with Crippen LogP contribution in [-0.4, -0.2) is 13.2 Å². The SMILES string of the molecule is CCCC(NC)c1cccc(OC2CC2)c1. The topological polar surface area (TPSA) is 21.3 Å². The molecule has 1 saturated carbocycles. The van der Waals surface area contributed by atoms with Crippen LogP contribution in [0.2, 0.25) is 0 Å². The molecule has 0 aliphatic heterocycles. The van der Waals surface area contributed by atoms with Gasteiger partial charge in [-0.1, -0.05) is 25.5 Å². The molecular weight excluding hydrogens is 198 g/mol. The quantitative estimate of drug-likeness (QED) is 0.792. The van der Waals surface area contributed by atoms with Crippen LogP contribution in [0.25, 0.3) is 0 Å². The van der Waals surface area contributed by atoms with Crippen molar-refractivity contribution in [3.63, 3.8) is 0 Å². The third kappa shape index (κ3) is 2.99. The van der Waals surface area contributed by atoms with E-state index in [4.69, 9.17) is 4.74 Å². The normalized spacial score (nSPS) is 17.1. The van der Waals surface area contributed by atoms with E-state index in [1.807, 2.05) is 7.05 Å². The summed E-state index contributed by atoms with van der Waals surface area (Å²) in [6.45, 7) is 2.22. The molecule has 2 nitrogen and oxygen atoms in total. The van der Waals surface area contributed by atoms with Crippen molar-refractivity contribution in [1.82, 2.24) is 5.32 Å². The first-order chi connectivity index (χ1) is 7.83. The Kier molecular flexibility index (Phi) is 3.83. The number of nitrogens with one attached hydrogen (secondary N) is 1. The monoisotopic (exact) mass is 219 g/mol. The zero-order valence-electron chi connectivity index (χ0n) is 10.2. The van der Waals surface area contributed by atoms with Gasteiger partial charge in [-0.05, 0) is 44.0 Å². The van der Waals surface area contributed by atoms with E-state index in [0.717, 1.165) is 5.75 Å². The molecule has 1 fully saturated rings. The second-order valence-corrected chi connectivity index (χ2v) is 4.52. The molecule has 16 heavy (non-hydrogen) atoms. The van der Waals surface area contributed by atoms with Crippen LogP contribution >= 0.6 is 0 Å². The number of benzene rings is 1. The molecule has 88 valence electrons. The van der Waals surface area contributed by atoms with Crippen molar-refractivity contribution < 1.29 is 4.74 Å². The summed E-state index contributed by atoms with van der Waals surface area (Å²) < 4.78 is 5.81. The van der Waals surface area contributed by atoms with E-state index in [9.17, 15) is 0 Å². The van der Waals surface area contributed by atoms with Gasteiger partial charge in [-0.25, -0.2) is 0 Å². The van der Waals surface area contributed by atoms with Crippen LogP contribution in [0.4, 0.5) is 0 Å². The third-order valence-electron chi connectivity index (χ3n) is 3.01. The highest BCUT2D eigenvalue weighted by Gasteiger charge is 2.23. The maximum atomic E-state index is 5.81. The highest BCUT2D eigenvalue weighted by atomic mass is 16.5. The predicted octanol–water partition coefficient (Wildman–Crippen LogP) is 3.29. The Morgan fingerprint density at radius 1 is 1.44 bits per heavy atom. The third-order valence-corrected chi connectivity index (χ3v) is 3.01. The van der Waals surface area contributed by atoms with Gasteiger partial charge in [-0.3, -0.25) is 0 Å². The fourth-order valence-electron chi connectivity index (χ4n) is 1.95. The molecule has 1 N–H and O–H groups in total. The van der Waals surface area contributed by atoms with Crippen LogP contribution in [0.15, 0.2) is 24.3 Å². The second-order valence-electron chi connectivity index (χ2n) is 4.52. The summed E-state index contributed by atoms with van der Waals surface area (Å²) in [5.74, 6) is 1.02. The Bertz CT molecular complexity index is 333. The maximum Gasteiger partial charge on any atom is 0.120 e. The molecule has 1 unspecified atom stereocenters. The predicted molar refractivity (Wildman–Crippen MR) is 66.8 cm³/mol. The van der Waals surface area contributed by atoms with E-state index in [1.165, 1.54) is 31.2 Å². The summed E-state index contributed by atoms with van der Waals surface area (Å²) in [6, 6.07) is 8.95. The average molecular weight is 219 g/mol. The summed E-state index contributed by atoms with van der Waals surface area (Å²) in [7, 11) is 2.02. The molecule has 0 spiro atoms. The van der Waals surface area contributed by atoms with Gasteiger partial charge in [0.1, 0.15) is 5.75 Å². The van der Waals surface area contributed by atoms with Crippen molar-refractivity contribution in [2.24, 2.45) is 0 Å². The number of rotatable bonds is 6. The molecule has 1 atom stereocenters. The maximum absolute atomic E-state index is 5.81. The second kappa shape index (κ2) is 5.35. The van der Waals surface area contributed by atoms with Gasteiger partial charge in [0, 0.05) is 6.04 Å². The Labute approximate surface area is 98.0 Å². The molecule has 2 heteroatoms. The van der Waals surface area contributed by atoms with Gasteiger partial charge >= 0.3 is 0 Å². The van der Waals surface area contributed by atoms with Gasteiger partial charge in [0.2, 0.25) is 0 Å². The van der Waals surface area contributed by atoms with Crippen LogP contribution in [0.3, 0.4) is 0 Å². The molecule has 1 aromatic carbocycles. The first-order valence-electron chi connectivity index (χ1n) is 6.27. The lowest BCUT2D eigenvalue weighted by molar-refractivity contribution is 0.302. The Balaban J connectivity index is 2.06. The summed E-state index contributed by atoms with van der Waals surface area (Å²) in [4.78, 5) is 0. The minimum Gasteiger partial charge on any atom is -0.490 e. The van der Waals surface area contributed by atoms with Crippen molar-refractivity contribution in [3.05, 3.63) is 29.8 Å². The molecule has 0 heterocycles. The molecule has 0 saturated heterocycles. The largest absolute Gasteiger partial charge is 0.490 e. The summed E-state index contributed by atoms with van der Waals surface area (Å²) in [6.07, 6.45) is 5.28. The first-order valence-corrected chi connectivity index (χ1v) is 6.27. The summed E-state index contributed by atoms with van der Waals surface area (Å²) in [5, 5.41) is 3.36. The van der Waals surface area contributed by atoms with Gasteiger partial charge in [-0.15, -0.1) is 0 Å². The van der Waals surface area contributed by atoms with Gasteiger partial charge in [0.25, 0.3) is 0 Å². The van der Waals surface area contributed by atoms with E-state index in [-0.39, 0.29) is 0 Å². The van der Waals surface area contributed by atoms with Gasteiger partial charge in [0.15, 0.2) is 0 Å². The van der Waals surface area contributed by atoms with Crippen LogP contribution in [0.5, 0.6) is 5.75 Å². The van der Waals surface area contributed by atoms with Crippen molar-refractivity contribution in [2.45, 2.75) is 44.8 Å². The highest BCUT2D eigenvalue weighted by Crippen LogP contribution is 2.29. The molecule has 1 aromatic rings. The first kappa shape index (κ1) is 11.5. The molecule has 1 aliphatic rings. The lowest BCUT2D eigenvalue weighted by atomic mass is 10.0. The highest BCUT2D eigenvalue weighted by molar-refractivity contribution is 5.31. The smallest absolute Gasteiger partial charge is 0.120 e. The fourth-order valence-corrected chi connectivity index (χ4v) is 1.95. The van der Waals surface area contributed by atoms with Crippen LogP contribution < -0.4 is 10.1 Å². The van der Waals surface area contributed by atoms with E-state index in [2.05, 4.69) is 36.5 Å². The zero-order valence-corrected chi connectivity index (χ0v) is 10.2. The van der Waals surface area contributed by atoms with E-state index >= 15 is 0 Å². The van der Waals surface area contributed by atoms with Crippen molar-refractivity contribution in [3.8, 4) is 5.75 Å². The minimum absolute atomic E-state index is 0.452. The van der Waals surface area contributed by atoms with Crippen LogP contribution in [0.1, 0.15) is 44.2 Å². The number of hydrogen-bond donors (Lipinski definition) is 1. The van der Waals surface area contributed by atoms with E-state index < -0.39 is 0 Å². The standard InChI is InChI=1S/C14H21NO/c1-3-5-14(15-2)11-6-4-7-13(10-11)16-12-8-9-12/h4,6-7,10,12,14-15H,3,5,8-9H2,1-2H3. The van der Waals surface area contributed by atoms with Crippen molar-refractivity contribution in [2.75, 3.05) is 7.05 Å².